The zero-order chi connectivity index (χ0) is 19.9. The average molecular weight is 380 g/mol. The van der Waals surface area contributed by atoms with E-state index in [0.717, 1.165) is 43.8 Å². The second kappa shape index (κ2) is 9.79. The number of hydrogen-bond acceptors (Lipinski definition) is 3. The molecule has 2 aromatic carbocycles. The molecule has 150 valence electrons. The van der Waals surface area contributed by atoms with Crippen molar-refractivity contribution in [3.8, 4) is 11.5 Å². The third kappa shape index (κ3) is 4.77. The Bertz CT molecular complexity index is 802. The van der Waals surface area contributed by atoms with Gasteiger partial charge in [0.15, 0.2) is 0 Å². The number of nitrogens with zero attached hydrogens (tertiary/aromatic N) is 1. The molecule has 3 rings (SSSR count). The smallest absolute Gasteiger partial charge is 0.120 e. The van der Waals surface area contributed by atoms with Crippen molar-refractivity contribution in [2.75, 3.05) is 20.2 Å². The fourth-order valence-electron chi connectivity index (χ4n) is 4.23. The van der Waals surface area contributed by atoms with Crippen LogP contribution in [-0.4, -0.2) is 30.2 Å². The molecule has 0 radical (unpaired) electrons. The maximum Gasteiger partial charge on any atom is 0.120 e. The van der Waals surface area contributed by atoms with Gasteiger partial charge >= 0.3 is 0 Å². The van der Waals surface area contributed by atoms with Crippen molar-refractivity contribution in [3.05, 3.63) is 59.2 Å². The molecule has 1 fully saturated rings. The first-order valence-electron chi connectivity index (χ1n) is 10.6. The standard InChI is InChI=1S/C25H33NO2/c1-4-23(19-9-12-22(28-3)13-10-19)24(5-2)20-11-14-25(27)21(17-20)18-26-15-7-6-8-16-26/h9-14,17,27H,4-8,15-16,18H2,1-3H3. The van der Waals surface area contributed by atoms with Gasteiger partial charge in [0.05, 0.1) is 7.11 Å². The fraction of sp³-hybridized carbons (Fsp3) is 0.440. The van der Waals surface area contributed by atoms with E-state index in [2.05, 4.69) is 43.0 Å². The van der Waals surface area contributed by atoms with Gasteiger partial charge in [-0.05, 0) is 85.3 Å². The van der Waals surface area contributed by atoms with Gasteiger partial charge in [-0.15, -0.1) is 0 Å². The Balaban J connectivity index is 1.95. The molecule has 3 heteroatoms. The Labute approximate surface area is 169 Å². The van der Waals surface area contributed by atoms with Crippen molar-refractivity contribution in [3.63, 3.8) is 0 Å². The first-order valence-corrected chi connectivity index (χ1v) is 10.6. The molecule has 1 aliphatic heterocycles. The lowest BCUT2D eigenvalue weighted by Gasteiger charge is -2.27. The first kappa shape index (κ1) is 20.5. The molecule has 0 amide bonds. The van der Waals surface area contributed by atoms with E-state index in [9.17, 15) is 5.11 Å². The SMILES string of the molecule is CCC(=C(CC)c1ccc(O)c(CN2CCCCC2)c1)c1ccc(OC)cc1. The first-order chi connectivity index (χ1) is 13.7. The summed E-state index contributed by atoms with van der Waals surface area (Å²) in [5.41, 5.74) is 6.22. The summed E-state index contributed by atoms with van der Waals surface area (Å²) in [5, 5.41) is 10.4. The molecular weight excluding hydrogens is 346 g/mol. The van der Waals surface area contributed by atoms with E-state index in [4.69, 9.17) is 4.74 Å². The van der Waals surface area contributed by atoms with Crippen LogP contribution in [0.3, 0.4) is 0 Å². The molecule has 0 saturated carbocycles. The second-order valence-electron chi connectivity index (χ2n) is 7.57. The van der Waals surface area contributed by atoms with Crippen LogP contribution in [0, 0.1) is 0 Å². The third-order valence-corrected chi connectivity index (χ3v) is 5.78. The van der Waals surface area contributed by atoms with Gasteiger partial charge < -0.3 is 9.84 Å². The van der Waals surface area contributed by atoms with E-state index < -0.39 is 0 Å². The summed E-state index contributed by atoms with van der Waals surface area (Å²) in [4.78, 5) is 2.46. The summed E-state index contributed by atoms with van der Waals surface area (Å²) in [5.74, 6) is 1.29. The van der Waals surface area contributed by atoms with Crippen LogP contribution in [0.5, 0.6) is 11.5 Å². The van der Waals surface area contributed by atoms with Gasteiger partial charge in [0.2, 0.25) is 0 Å². The molecule has 0 atom stereocenters. The molecule has 1 heterocycles. The number of ether oxygens (including phenoxy) is 1. The summed E-state index contributed by atoms with van der Waals surface area (Å²) in [6.07, 6.45) is 5.78. The van der Waals surface area contributed by atoms with E-state index >= 15 is 0 Å². The number of phenols is 1. The monoisotopic (exact) mass is 379 g/mol. The summed E-state index contributed by atoms with van der Waals surface area (Å²) in [6, 6.07) is 14.5. The van der Waals surface area contributed by atoms with Crippen LogP contribution in [0.2, 0.25) is 0 Å². The van der Waals surface area contributed by atoms with Crippen LogP contribution in [0.1, 0.15) is 62.6 Å². The molecular formula is C25H33NO2. The maximum absolute atomic E-state index is 10.4. The summed E-state index contributed by atoms with van der Waals surface area (Å²) in [6.45, 7) is 7.52. The van der Waals surface area contributed by atoms with E-state index in [1.54, 1.807) is 7.11 Å². The van der Waals surface area contributed by atoms with Crippen molar-refractivity contribution in [2.24, 2.45) is 0 Å². The van der Waals surface area contributed by atoms with E-state index in [-0.39, 0.29) is 0 Å². The molecule has 1 saturated heterocycles. The highest BCUT2D eigenvalue weighted by Gasteiger charge is 2.15. The summed E-state index contributed by atoms with van der Waals surface area (Å²) in [7, 11) is 1.70. The molecule has 0 aliphatic carbocycles. The van der Waals surface area contributed by atoms with E-state index in [1.807, 2.05) is 18.2 Å². The predicted molar refractivity (Wildman–Crippen MR) is 118 cm³/mol. The minimum absolute atomic E-state index is 0.410. The van der Waals surface area contributed by atoms with Crippen LogP contribution in [0.4, 0.5) is 0 Å². The normalized spacial score (nSPS) is 16.0. The van der Waals surface area contributed by atoms with Gasteiger partial charge in [0.1, 0.15) is 11.5 Å². The minimum atomic E-state index is 0.410. The van der Waals surface area contributed by atoms with Gasteiger partial charge in [-0.1, -0.05) is 38.5 Å². The molecule has 2 aromatic rings. The average Bonchev–Trinajstić information content (AvgIpc) is 2.74. The van der Waals surface area contributed by atoms with E-state index in [0.29, 0.717) is 5.75 Å². The van der Waals surface area contributed by atoms with E-state index in [1.165, 1.54) is 41.5 Å². The number of piperidine rings is 1. The Kier molecular flexibility index (Phi) is 7.16. The van der Waals surface area contributed by atoms with Crippen LogP contribution >= 0.6 is 0 Å². The van der Waals surface area contributed by atoms with Crippen LogP contribution in [-0.2, 0) is 6.54 Å². The Morgan fingerprint density at radius 1 is 0.893 bits per heavy atom. The molecule has 0 spiro atoms. The zero-order valence-electron chi connectivity index (χ0n) is 17.5. The number of rotatable bonds is 7. The van der Waals surface area contributed by atoms with Gasteiger partial charge in [-0.2, -0.15) is 0 Å². The van der Waals surface area contributed by atoms with Gasteiger partial charge in [-0.3, -0.25) is 4.90 Å². The quantitative estimate of drug-likeness (QED) is 0.588. The number of likely N-dealkylation sites (tertiary alicyclic amines) is 1. The second-order valence-corrected chi connectivity index (χ2v) is 7.57. The van der Waals surface area contributed by atoms with Crippen molar-refractivity contribution in [2.45, 2.75) is 52.5 Å². The van der Waals surface area contributed by atoms with Crippen LogP contribution < -0.4 is 4.74 Å². The van der Waals surface area contributed by atoms with Crippen LogP contribution in [0.15, 0.2) is 42.5 Å². The number of hydrogen-bond donors (Lipinski definition) is 1. The number of allylic oxidation sites excluding steroid dienone is 2. The lowest BCUT2D eigenvalue weighted by atomic mass is 9.90. The largest absolute Gasteiger partial charge is 0.508 e. The number of aromatic hydroxyl groups is 1. The lowest BCUT2D eigenvalue weighted by molar-refractivity contribution is 0.218. The number of phenolic OH excluding ortho intramolecular Hbond substituents is 1. The van der Waals surface area contributed by atoms with Crippen molar-refractivity contribution in [1.82, 2.24) is 4.90 Å². The number of benzene rings is 2. The Morgan fingerprint density at radius 3 is 2.11 bits per heavy atom. The van der Waals surface area contributed by atoms with Crippen molar-refractivity contribution < 1.29 is 9.84 Å². The molecule has 1 aliphatic rings. The highest BCUT2D eigenvalue weighted by Crippen LogP contribution is 2.34. The predicted octanol–water partition coefficient (Wildman–Crippen LogP) is 6.12. The van der Waals surface area contributed by atoms with Gasteiger partial charge in [-0.25, -0.2) is 0 Å². The summed E-state index contributed by atoms with van der Waals surface area (Å²) < 4.78 is 5.31. The van der Waals surface area contributed by atoms with Gasteiger partial charge in [0.25, 0.3) is 0 Å². The molecule has 3 nitrogen and oxygen atoms in total. The maximum atomic E-state index is 10.4. The van der Waals surface area contributed by atoms with Gasteiger partial charge in [0, 0.05) is 12.1 Å². The number of methoxy groups -OCH3 is 1. The minimum Gasteiger partial charge on any atom is -0.508 e. The lowest BCUT2D eigenvalue weighted by Crippen LogP contribution is -2.29. The topological polar surface area (TPSA) is 32.7 Å². The molecule has 0 aromatic heterocycles. The van der Waals surface area contributed by atoms with Crippen LogP contribution in [0.25, 0.3) is 11.1 Å². The zero-order valence-corrected chi connectivity index (χ0v) is 17.5. The fourth-order valence-corrected chi connectivity index (χ4v) is 4.23. The Hall–Kier alpha value is -2.26. The molecule has 1 N–H and O–H groups in total. The third-order valence-electron chi connectivity index (χ3n) is 5.78. The highest BCUT2D eigenvalue weighted by atomic mass is 16.5. The van der Waals surface area contributed by atoms with Crippen molar-refractivity contribution in [1.29, 1.82) is 0 Å². The molecule has 0 unspecified atom stereocenters. The van der Waals surface area contributed by atoms with Crippen molar-refractivity contribution >= 4 is 11.1 Å². The summed E-state index contributed by atoms with van der Waals surface area (Å²) >= 11 is 0. The molecule has 28 heavy (non-hydrogen) atoms. The highest BCUT2D eigenvalue weighted by molar-refractivity contribution is 5.91. The molecule has 0 bridgehead atoms. The Morgan fingerprint density at radius 2 is 1.50 bits per heavy atom.